The quantitative estimate of drug-likeness (QED) is 0.228. The predicted octanol–water partition coefficient (Wildman–Crippen LogP) is 4.74. The van der Waals surface area contributed by atoms with E-state index in [-0.39, 0.29) is 6.61 Å². The van der Waals surface area contributed by atoms with Crippen LogP contribution in [0.15, 0.2) is 22.4 Å². The van der Waals surface area contributed by atoms with Gasteiger partial charge in [0.2, 0.25) is 11.4 Å². The first-order chi connectivity index (χ1) is 12.3. The third kappa shape index (κ3) is 5.89. The first kappa shape index (κ1) is 22.8. The van der Waals surface area contributed by atoms with Gasteiger partial charge < -0.3 is 9.94 Å². The van der Waals surface area contributed by atoms with E-state index in [0.717, 1.165) is 0 Å². The number of benzene rings is 1. The summed E-state index contributed by atoms with van der Waals surface area (Å²) in [5.41, 5.74) is -3.74. The van der Waals surface area contributed by atoms with E-state index >= 15 is 0 Å². The van der Waals surface area contributed by atoms with E-state index in [0.29, 0.717) is 12.1 Å². The van der Waals surface area contributed by atoms with Crippen molar-refractivity contribution in [3.05, 3.63) is 27.7 Å². The Morgan fingerprint density at radius 2 is 1.70 bits per heavy atom. The average Bonchev–Trinajstić information content (AvgIpc) is 2.51. The predicted molar refractivity (Wildman–Crippen MR) is 84.4 cm³/mol. The first-order valence-corrected chi connectivity index (χ1v) is 7.45. The van der Waals surface area contributed by atoms with Crippen LogP contribution in [-0.4, -0.2) is 35.4 Å². The van der Waals surface area contributed by atoms with Gasteiger partial charge in [0.25, 0.3) is 0 Å². The van der Waals surface area contributed by atoms with Crippen molar-refractivity contribution in [3.8, 4) is 0 Å². The normalized spacial score (nSPS) is 13.5. The number of nitrogens with one attached hydrogen (secondary N) is 1. The monoisotopic (exact) mass is 439 g/mol. The maximum absolute atomic E-state index is 13.1. The van der Waals surface area contributed by atoms with E-state index in [2.05, 4.69) is 15.0 Å². The number of oxime groups is 1. The first-order valence-electron chi connectivity index (χ1n) is 6.69. The van der Waals surface area contributed by atoms with Crippen LogP contribution in [0.1, 0.15) is 12.5 Å². The second-order valence-corrected chi connectivity index (χ2v) is 5.37. The van der Waals surface area contributed by atoms with Gasteiger partial charge in [-0.25, -0.2) is 4.79 Å². The molecular formula is C13H9Cl2F6N3O3. The fourth-order valence-corrected chi connectivity index (χ4v) is 2.16. The zero-order valence-electron chi connectivity index (χ0n) is 13.0. The van der Waals surface area contributed by atoms with Gasteiger partial charge in [0.1, 0.15) is 0 Å². The van der Waals surface area contributed by atoms with Gasteiger partial charge in [-0.1, -0.05) is 28.4 Å². The number of carbonyl (C=O) groups excluding carboxylic acids is 1. The molecule has 150 valence electrons. The summed E-state index contributed by atoms with van der Waals surface area (Å²) in [6.07, 6.45) is -10.1. The summed E-state index contributed by atoms with van der Waals surface area (Å²) in [7, 11) is 0. The van der Waals surface area contributed by atoms with Crippen molar-refractivity contribution >= 4 is 46.3 Å². The van der Waals surface area contributed by atoms with E-state index in [1.165, 1.54) is 6.92 Å². The highest BCUT2D eigenvalue weighted by molar-refractivity contribution is 6.66. The molecule has 0 aliphatic heterocycles. The Morgan fingerprint density at radius 1 is 1.19 bits per heavy atom. The number of alkyl halides is 6. The summed E-state index contributed by atoms with van der Waals surface area (Å²) in [6.45, 7) is 0.963. The molecule has 0 saturated carbocycles. The largest absolute Gasteiger partial charge is 0.461 e. The van der Waals surface area contributed by atoms with Crippen molar-refractivity contribution in [1.29, 1.82) is 0 Å². The molecule has 0 aliphatic rings. The van der Waals surface area contributed by atoms with Gasteiger partial charge in [-0.05, 0) is 19.1 Å². The fraction of sp³-hybridized carbons (Fsp3) is 0.308. The fourth-order valence-electron chi connectivity index (χ4n) is 1.59. The number of anilines is 1. The van der Waals surface area contributed by atoms with E-state index in [4.69, 9.17) is 28.4 Å². The summed E-state index contributed by atoms with van der Waals surface area (Å²) in [5.74, 6) is -1.64. The van der Waals surface area contributed by atoms with Crippen LogP contribution in [0.2, 0.25) is 10.0 Å². The van der Waals surface area contributed by atoms with Gasteiger partial charge in [0, 0.05) is 0 Å². The number of hydrogen-bond donors (Lipinski definition) is 2. The molecule has 14 heteroatoms. The standard InChI is InChI=1S/C13H9Cl2F6N3O3/c1-2-27-11(25)9(24-26)10(13(19,20)21)23-22-8-6(14)3-5(4-7(8)15)12(16,17)18/h3-4,22,26H,2H2,1H3/b23-10-,24-9-. The zero-order chi connectivity index (χ0) is 21.0. The van der Waals surface area contributed by atoms with Gasteiger partial charge in [0.15, 0.2) is 0 Å². The van der Waals surface area contributed by atoms with Crippen LogP contribution >= 0.6 is 23.2 Å². The van der Waals surface area contributed by atoms with Crippen LogP contribution in [0.25, 0.3) is 0 Å². The molecule has 0 saturated heterocycles. The zero-order valence-corrected chi connectivity index (χ0v) is 14.6. The lowest BCUT2D eigenvalue weighted by molar-refractivity contribution is -0.137. The molecule has 27 heavy (non-hydrogen) atoms. The third-order valence-electron chi connectivity index (χ3n) is 2.71. The minimum Gasteiger partial charge on any atom is -0.461 e. The second-order valence-electron chi connectivity index (χ2n) is 4.55. The summed E-state index contributed by atoms with van der Waals surface area (Å²) in [4.78, 5) is 11.5. The highest BCUT2D eigenvalue weighted by atomic mass is 35.5. The average molecular weight is 440 g/mol. The SMILES string of the molecule is CCOC(=O)C(=N\O)/C(=N/Nc1c(Cl)cc(C(F)(F)F)cc1Cl)C(F)(F)F. The van der Waals surface area contributed by atoms with E-state index in [9.17, 15) is 31.1 Å². The Balaban J connectivity index is 3.35. The molecule has 1 aromatic rings. The van der Waals surface area contributed by atoms with Crippen LogP contribution < -0.4 is 5.43 Å². The number of nitrogens with zero attached hydrogens (tertiary/aromatic N) is 2. The lowest BCUT2D eigenvalue weighted by Gasteiger charge is -2.14. The van der Waals surface area contributed by atoms with Crippen LogP contribution in [0.4, 0.5) is 32.0 Å². The Kier molecular flexibility index (Phi) is 7.32. The molecule has 0 fully saturated rings. The molecule has 0 aliphatic carbocycles. The molecule has 0 atom stereocenters. The lowest BCUT2D eigenvalue weighted by atomic mass is 10.2. The van der Waals surface area contributed by atoms with Crippen molar-refractivity contribution in [2.45, 2.75) is 19.3 Å². The molecule has 2 N–H and O–H groups in total. The number of halogens is 8. The third-order valence-corrected chi connectivity index (χ3v) is 3.31. The Hall–Kier alpha value is -2.21. The highest BCUT2D eigenvalue weighted by Crippen LogP contribution is 2.38. The van der Waals surface area contributed by atoms with E-state index < -0.39 is 51.0 Å². The van der Waals surface area contributed by atoms with Crippen LogP contribution in [-0.2, 0) is 15.7 Å². The summed E-state index contributed by atoms with van der Waals surface area (Å²) in [6, 6.07) is 0.815. The maximum atomic E-state index is 13.1. The molecule has 0 bridgehead atoms. The molecule has 0 amide bonds. The van der Waals surface area contributed by atoms with Gasteiger partial charge in [-0.2, -0.15) is 31.4 Å². The lowest BCUT2D eigenvalue weighted by Crippen LogP contribution is -2.38. The summed E-state index contributed by atoms with van der Waals surface area (Å²) >= 11 is 11.2. The van der Waals surface area contributed by atoms with Crippen molar-refractivity contribution in [2.24, 2.45) is 10.3 Å². The van der Waals surface area contributed by atoms with Gasteiger partial charge >= 0.3 is 18.3 Å². The molecule has 1 rings (SSSR count). The van der Waals surface area contributed by atoms with Gasteiger partial charge in [-0.3, -0.25) is 5.43 Å². The van der Waals surface area contributed by atoms with Gasteiger partial charge in [0.05, 0.1) is 27.9 Å². The number of esters is 1. The van der Waals surface area contributed by atoms with E-state index in [1.807, 2.05) is 0 Å². The molecule has 0 unspecified atom stereocenters. The molecule has 6 nitrogen and oxygen atoms in total. The van der Waals surface area contributed by atoms with Gasteiger partial charge in [-0.15, -0.1) is 0 Å². The van der Waals surface area contributed by atoms with Crippen LogP contribution in [0.3, 0.4) is 0 Å². The summed E-state index contributed by atoms with van der Waals surface area (Å²) in [5, 5.41) is 12.4. The van der Waals surface area contributed by atoms with Crippen molar-refractivity contribution < 1.29 is 41.1 Å². The number of carbonyl (C=O) groups is 1. The van der Waals surface area contributed by atoms with Crippen LogP contribution in [0, 0.1) is 0 Å². The molecular weight excluding hydrogens is 431 g/mol. The maximum Gasteiger partial charge on any atom is 0.437 e. The van der Waals surface area contributed by atoms with Crippen LogP contribution in [0.5, 0.6) is 0 Å². The summed E-state index contributed by atoms with van der Waals surface area (Å²) < 4.78 is 81.6. The molecule has 0 aromatic heterocycles. The highest BCUT2D eigenvalue weighted by Gasteiger charge is 2.43. The van der Waals surface area contributed by atoms with Crippen molar-refractivity contribution in [3.63, 3.8) is 0 Å². The number of ether oxygens (including phenoxy) is 1. The minimum atomic E-state index is -5.30. The smallest absolute Gasteiger partial charge is 0.437 e. The Morgan fingerprint density at radius 3 is 2.07 bits per heavy atom. The van der Waals surface area contributed by atoms with E-state index in [1.54, 1.807) is 5.43 Å². The number of hydrogen-bond acceptors (Lipinski definition) is 6. The molecule has 0 radical (unpaired) electrons. The molecule has 0 spiro atoms. The number of rotatable bonds is 5. The van der Waals surface area contributed by atoms with Crippen molar-refractivity contribution in [2.75, 3.05) is 12.0 Å². The molecule has 0 heterocycles. The topological polar surface area (TPSA) is 83.3 Å². The molecule has 1 aromatic carbocycles. The Labute approximate surface area is 157 Å². The Bertz CT molecular complexity index is 755. The minimum absolute atomic E-state index is 0.326. The van der Waals surface area contributed by atoms with Crippen molar-refractivity contribution in [1.82, 2.24) is 0 Å². The second kappa shape index (κ2) is 8.65. The number of hydrazone groups is 1.